The van der Waals surface area contributed by atoms with Gasteiger partial charge in [-0.25, -0.2) is 9.97 Å². The molecule has 3 N–H and O–H groups in total. The van der Waals surface area contributed by atoms with Crippen LogP contribution in [0.3, 0.4) is 0 Å². The molecule has 1 heterocycles. The number of anilines is 1. The van der Waals surface area contributed by atoms with Crippen LogP contribution in [-0.4, -0.2) is 9.97 Å². The maximum Gasteiger partial charge on any atom is 0.152 e. The van der Waals surface area contributed by atoms with Gasteiger partial charge in [0.25, 0.3) is 0 Å². The average molecular weight is 361 g/mol. The van der Waals surface area contributed by atoms with Crippen molar-refractivity contribution in [2.75, 3.05) is 5.73 Å². The Morgan fingerprint density at radius 1 is 1.04 bits per heavy atom. The Morgan fingerprint density at radius 2 is 1.70 bits per heavy atom. The molecule has 4 heteroatoms. The highest BCUT2D eigenvalue weighted by Crippen LogP contribution is 2.28. The highest BCUT2D eigenvalue weighted by molar-refractivity contribution is 5.80. The number of nitrogen functional groups attached to an aromatic ring is 1. The highest BCUT2D eigenvalue weighted by Gasteiger charge is 2.14. The van der Waals surface area contributed by atoms with E-state index in [1.54, 1.807) is 0 Å². The first kappa shape index (κ1) is 18.9. The van der Waals surface area contributed by atoms with Gasteiger partial charge in [-0.05, 0) is 42.0 Å². The molecule has 2 aromatic carbocycles. The molecule has 0 spiro atoms. The lowest BCUT2D eigenvalue weighted by atomic mass is 9.88. The van der Waals surface area contributed by atoms with Crippen LogP contribution in [0, 0.1) is 0 Å². The summed E-state index contributed by atoms with van der Waals surface area (Å²) < 4.78 is 0. The minimum atomic E-state index is 0.400. The second kappa shape index (κ2) is 8.67. The van der Waals surface area contributed by atoms with Crippen molar-refractivity contribution in [3.05, 3.63) is 71.9 Å². The first-order valence-corrected chi connectivity index (χ1v) is 9.67. The molecule has 3 rings (SSSR count). The van der Waals surface area contributed by atoms with E-state index in [0.29, 0.717) is 29.7 Å². The predicted octanol–water partition coefficient (Wildman–Crippen LogP) is 5.27. The summed E-state index contributed by atoms with van der Waals surface area (Å²) in [7, 11) is 0. The molecule has 0 aliphatic heterocycles. The van der Waals surface area contributed by atoms with E-state index in [1.807, 2.05) is 24.3 Å². The largest absolute Gasteiger partial charge is 0.382 e. The van der Waals surface area contributed by atoms with Crippen LogP contribution in [0.4, 0.5) is 5.82 Å². The van der Waals surface area contributed by atoms with Crippen LogP contribution in [0.25, 0.3) is 16.7 Å². The summed E-state index contributed by atoms with van der Waals surface area (Å²) in [5, 5.41) is 3.41. The predicted molar refractivity (Wildman–Crippen MR) is 114 cm³/mol. The minimum absolute atomic E-state index is 0.400. The van der Waals surface area contributed by atoms with Crippen LogP contribution in [0.5, 0.6) is 0 Å². The van der Waals surface area contributed by atoms with E-state index in [4.69, 9.17) is 5.73 Å². The molecule has 0 aliphatic carbocycles. The molecule has 0 aliphatic rings. The zero-order chi connectivity index (χ0) is 19.2. The smallest absolute Gasteiger partial charge is 0.152 e. The van der Waals surface area contributed by atoms with E-state index in [2.05, 4.69) is 60.0 Å². The van der Waals surface area contributed by atoms with Crippen molar-refractivity contribution in [1.29, 1.82) is 0 Å². The van der Waals surface area contributed by atoms with Crippen LogP contribution >= 0.6 is 0 Å². The second-order valence-corrected chi connectivity index (χ2v) is 6.87. The van der Waals surface area contributed by atoms with Crippen LogP contribution in [0.2, 0.25) is 0 Å². The molecule has 4 nitrogen and oxygen atoms in total. The molecule has 140 valence electrons. The third kappa shape index (κ3) is 4.27. The Morgan fingerprint density at radius 3 is 2.41 bits per heavy atom. The van der Waals surface area contributed by atoms with Crippen LogP contribution < -0.4 is 11.1 Å². The van der Waals surface area contributed by atoms with Gasteiger partial charge in [0.2, 0.25) is 0 Å². The Kier molecular flexibility index (Phi) is 6.07. The lowest BCUT2D eigenvalue weighted by Gasteiger charge is -2.20. The van der Waals surface area contributed by atoms with E-state index >= 15 is 0 Å². The van der Waals surface area contributed by atoms with Gasteiger partial charge in [0.15, 0.2) is 5.82 Å². The summed E-state index contributed by atoms with van der Waals surface area (Å²) in [5.74, 6) is 0.990. The van der Waals surface area contributed by atoms with Gasteiger partial charge in [-0.15, -0.1) is 0 Å². The molecule has 1 unspecified atom stereocenters. The topological polar surface area (TPSA) is 63.8 Å². The van der Waals surface area contributed by atoms with Gasteiger partial charge in [-0.1, -0.05) is 63.2 Å². The van der Waals surface area contributed by atoms with Crippen molar-refractivity contribution in [2.24, 2.45) is 0 Å². The number of hydrogen-bond donors (Lipinski definition) is 2. The first-order chi connectivity index (χ1) is 13.1. The fourth-order valence-electron chi connectivity index (χ4n) is 3.54. The molecule has 27 heavy (non-hydrogen) atoms. The van der Waals surface area contributed by atoms with E-state index in [1.165, 1.54) is 24.0 Å². The van der Waals surface area contributed by atoms with E-state index < -0.39 is 0 Å². The number of benzene rings is 2. The Balaban J connectivity index is 1.79. The maximum absolute atomic E-state index is 6.12. The normalized spacial score (nSPS) is 12.1. The molecular formula is C23H28N4. The molecule has 0 saturated heterocycles. The molecule has 3 aromatic rings. The third-order valence-corrected chi connectivity index (χ3v) is 5.00. The molecule has 0 radical (unpaired) electrons. The molecule has 0 bridgehead atoms. The molecular weight excluding hydrogens is 332 g/mol. The number of fused-ring (bicyclic) bond motifs is 1. The van der Waals surface area contributed by atoms with Gasteiger partial charge in [0.05, 0.1) is 16.7 Å². The number of nitrogens with two attached hydrogens (primary N) is 1. The van der Waals surface area contributed by atoms with Gasteiger partial charge in [-0.3, -0.25) is 0 Å². The standard InChI is InChI=1S/C23H28N4/c1-4-10-17(5-2)19-12-7-6-11-18(19)15-25-16(3)22-23(24)27-21-14-9-8-13-20(21)26-22/h6-9,11-14,17,25H,3-5,10,15H2,1-2H3,(H2,24,27). The minimum Gasteiger partial charge on any atom is -0.382 e. The summed E-state index contributed by atoms with van der Waals surface area (Å²) in [6.07, 6.45) is 3.54. The first-order valence-electron chi connectivity index (χ1n) is 9.67. The number of rotatable bonds is 8. The fourth-order valence-corrected chi connectivity index (χ4v) is 3.54. The molecule has 0 fully saturated rings. The summed E-state index contributed by atoms with van der Waals surface area (Å²) >= 11 is 0. The zero-order valence-corrected chi connectivity index (χ0v) is 16.2. The van der Waals surface area contributed by atoms with Crippen molar-refractivity contribution in [1.82, 2.24) is 15.3 Å². The van der Waals surface area contributed by atoms with Gasteiger partial charge < -0.3 is 11.1 Å². The molecule has 1 aromatic heterocycles. The number of nitrogens with zero attached hydrogens (tertiary/aromatic N) is 2. The van der Waals surface area contributed by atoms with Crippen LogP contribution in [0.15, 0.2) is 55.1 Å². The van der Waals surface area contributed by atoms with Gasteiger partial charge in [-0.2, -0.15) is 0 Å². The monoisotopic (exact) mass is 360 g/mol. The van der Waals surface area contributed by atoms with E-state index in [9.17, 15) is 0 Å². The fraction of sp³-hybridized carbons (Fsp3) is 0.304. The Hall–Kier alpha value is -2.88. The lowest BCUT2D eigenvalue weighted by molar-refractivity contribution is 0.589. The summed E-state index contributed by atoms with van der Waals surface area (Å²) in [6.45, 7) is 9.34. The third-order valence-electron chi connectivity index (χ3n) is 5.00. The van der Waals surface area contributed by atoms with Crippen LogP contribution in [-0.2, 0) is 6.54 Å². The van der Waals surface area contributed by atoms with E-state index in [-0.39, 0.29) is 0 Å². The zero-order valence-electron chi connectivity index (χ0n) is 16.2. The average Bonchev–Trinajstić information content (AvgIpc) is 2.70. The van der Waals surface area contributed by atoms with Gasteiger partial charge in [0.1, 0.15) is 5.69 Å². The van der Waals surface area contributed by atoms with Crippen molar-refractivity contribution in [2.45, 2.75) is 45.6 Å². The number of hydrogen-bond acceptors (Lipinski definition) is 4. The lowest BCUT2D eigenvalue weighted by Crippen LogP contribution is -2.16. The van der Waals surface area contributed by atoms with Crippen molar-refractivity contribution in [3.63, 3.8) is 0 Å². The summed E-state index contributed by atoms with van der Waals surface area (Å²) in [4.78, 5) is 9.09. The molecule has 1 atom stereocenters. The number of aromatic nitrogens is 2. The second-order valence-electron chi connectivity index (χ2n) is 6.87. The van der Waals surface area contributed by atoms with Crippen molar-refractivity contribution in [3.8, 4) is 0 Å². The van der Waals surface area contributed by atoms with Crippen LogP contribution in [0.1, 0.15) is 55.8 Å². The Labute approximate surface area is 161 Å². The quantitative estimate of drug-likeness (QED) is 0.575. The number of para-hydroxylation sites is 2. The summed E-state index contributed by atoms with van der Waals surface area (Å²) in [5.41, 5.74) is 11.8. The number of nitrogens with one attached hydrogen (secondary N) is 1. The van der Waals surface area contributed by atoms with E-state index in [0.717, 1.165) is 17.5 Å². The molecule has 0 saturated carbocycles. The summed E-state index contributed by atoms with van der Waals surface area (Å²) in [6, 6.07) is 16.4. The van der Waals surface area contributed by atoms with Crippen molar-refractivity contribution >= 4 is 22.5 Å². The highest BCUT2D eigenvalue weighted by atomic mass is 15.0. The SMILES string of the molecule is C=C(NCc1ccccc1C(CC)CCC)c1nc2ccccc2nc1N. The van der Waals surface area contributed by atoms with Crippen molar-refractivity contribution < 1.29 is 0 Å². The Bertz CT molecular complexity index is 933. The van der Waals surface area contributed by atoms with Gasteiger partial charge >= 0.3 is 0 Å². The maximum atomic E-state index is 6.12. The van der Waals surface area contributed by atoms with Gasteiger partial charge in [0, 0.05) is 6.54 Å². The molecule has 0 amide bonds.